The Labute approximate surface area is 164 Å². The van der Waals surface area contributed by atoms with Gasteiger partial charge in [-0.25, -0.2) is 0 Å². The Kier molecular flexibility index (Phi) is 6.55. The van der Waals surface area contributed by atoms with Crippen LogP contribution in [0.25, 0.3) is 0 Å². The maximum Gasteiger partial charge on any atom is 0.255 e. The summed E-state index contributed by atoms with van der Waals surface area (Å²) >= 11 is 1.76. The highest BCUT2D eigenvalue weighted by Crippen LogP contribution is 2.19. The summed E-state index contributed by atoms with van der Waals surface area (Å²) in [5.41, 5.74) is 3.68. The van der Waals surface area contributed by atoms with Crippen molar-refractivity contribution < 1.29 is 9.53 Å². The Morgan fingerprint density at radius 1 is 0.926 bits per heavy atom. The summed E-state index contributed by atoms with van der Waals surface area (Å²) in [6, 6.07) is 23.5. The Hall–Kier alpha value is -2.72. The third kappa shape index (κ3) is 5.90. The van der Waals surface area contributed by atoms with Crippen molar-refractivity contribution in [3.05, 3.63) is 89.5 Å². The molecule has 3 aromatic carbocycles. The molecule has 0 spiro atoms. The first-order chi connectivity index (χ1) is 13.1. The van der Waals surface area contributed by atoms with Crippen LogP contribution in [0.3, 0.4) is 0 Å². The zero-order valence-corrected chi connectivity index (χ0v) is 16.4. The summed E-state index contributed by atoms with van der Waals surface area (Å²) in [6.45, 7) is 4.66. The quantitative estimate of drug-likeness (QED) is 0.422. The summed E-state index contributed by atoms with van der Waals surface area (Å²) in [7, 11) is 0. The molecule has 3 aromatic rings. The van der Waals surface area contributed by atoms with Crippen molar-refractivity contribution >= 4 is 23.4 Å². The molecule has 27 heavy (non-hydrogen) atoms. The van der Waals surface area contributed by atoms with Gasteiger partial charge in [-0.05, 0) is 73.5 Å². The molecule has 0 aliphatic carbocycles. The van der Waals surface area contributed by atoms with Crippen LogP contribution in [0.1, 0.15) is 21.5 Å². The summed E-state index contributed by atoms with van der Waals surface area (Å²) in [5, 5.41) is 2.95. The van der Waals surface area contributed by atoms with E-state index in [1.165, 1.54) is 4.90 Å². The molecule has 4 heteroatoms. The number of ether oxygens (including phenoxy) is 1. The molecular weight excluding hydrogens is 354 g/mol. The number of thioether (sulfide) groups is 1. The van der Waals surface area contributed by atoms with Gasteiger partial charge in [0.05, 0.1) is 6.61 Å². The van der Waals surface area contributed by atoms with Gasteiger partial charge in [-0.15, -0.1) is 11.8 Å². The van der Waals surface area contributed by atoms with Crippen LogP contribution in [0.15, 0.2) is 77.7 Å². The minimum atomic E-state index is -0.119. The molecule has 0 atom stereocenters. The van der Waals surface area contributed by atoms with Gasteiger partial charge >= 0.3 is 0 Å². The van der Waals surface area contributed by atoms with E-state index >= 15 is 0 Å². The fourth-order valence-electron chi connectivity index (χ4n) is 2.79. The van der Waals surface area contributed by atoms with E-state index in [-0.39, 0.29) is 5.91 Å². The van der Waals surface area contributed by atoms with Gasteiger partial charge < -0.3 is 10.1 Å². The fourth-order valence-corrected chi connectivity index (χ4v) is 3.54. The van der Waals surface area contributed by atoms with Gasteiger partial charge in [0.15, 0.2) is 0 Å². The van der Waals surface area contributed by atoms with Crippen molar-refractivity contribution in [3.8, 4) is 5.75 Å². The number of hydrogen-bond acceptors (Lipinski definition) is 3. The molecule has 0 saturated carbocycles. The Bertz CT molecular complexity index is 872. The molecule has 0 bridgehead atoms. The van der Waals surface area contributed by atoms with E-state index in [0.29, 0.717) is 12.2 Å². The SMILES string of the molecule is Cc1cc(C)cc(NC(=O)c2ccc(OCCSc3ccccc3)cc2)c1. The third-order valence-electron chi connectivity index (χ3n) is 3.96. The van der Waals surface area contributed by atoms with E-state index < -0.39 is 0 Å². The maximum atomic E-state index is 12.4. The average Bonchev–Trinajstić information content (AvgIpc) is 2.66. The molecular formula is C23H23NO2S. The number of carbonyl (C=O) groups is 1. The lowest BCUT2D eigenvalue weighted by molar-refractivity contribution is 0.102. The molecule has 138 valence electrons. The van der Waals surface area contributed by atoms with Crippen LogP contribution in [0.2, 0.25) is 0 Å². The van der Waals surface area contributed by atoms with Gasteiger partial charge in [-0.3, -0.25) is 4.79 Å². The molecule has 3 nitrogen and oxygen atoms in total. The Morgan fingerprint density at radius 3 is 2.26 bits per heavy atom. The van der Waals surface area contributed by atoms with Crippen LogP contribution < -0.4 is 10.1 Å². The lowest BCUT2D eigenvalue weighted by atomic mass is 10.1. The largest absolute Gasteiger partial charge is 0.493 e. The predicted molar refractivity (Wildman–Crippen MR) is 113 cm³/mol. The van der Waals surface area contributed by atoms with E-state index in [1.807, 2.05) is 56.3 Å². The highest BCUT2D eigenvalue weighted by Gasteiger charge is 2.07. The highest BCUT2D eigenvalue weighted by atomic mass is 32.2. The van der Waals surface area contributed by atoms with E-state index in [2.05, 4.69) is 23.5 Å². The van der Waals surface area contributed by atoms with Crippen LogP contribution in [-0.2, 0) is 0 Å². The van der Waals surface area contributed by atoms with Crippen molar-refractivity contribution in [1.29, 1.82) is 0 Å². The van der Waals surface area contributed by atoms with Gasteiger partial charge in [-0.2, -0.15) is 0 Å². The number of carbonyl (C=O) groups excluding carboxylic acids is 1. The standard InChI is InChI=1S/C23H23NO2S/c1-17-14-18(2)16-20(15-17)24-23(25)19-8-10-21(11-9-19)26-12-13-27-22-6-4-3-5-7-22/h3-11,14-16H,12-13H2,1-2H3,(H,24,25). The smallest absolute Gasteiger partial charge is 0.255 e. The number of anilines is 1. The van der Waals surface area contributed by atoms with Gasteiger partial charge in [0.1, 0.15) is 5.75 Å². The molecule has 0 fully saturated rings. The van der Waals surface area contributed by atoms with Crippen molar-refractivity contribution in [2.24, 2.45) is 0 Å². The molecule has 0 unspecified atom stereocenters. The topological polar surface area (TPSA) is 38.3 Å². The number of amides is 1. The molecule has 0 aromatic heterocycles. The number of rotatable bonds is 7. The Morgan fingerprint density at radius 2 is 1.59 bits per heavy atom. The van der Waals surface area contributed by atoms with E-state index in [0.717, 1.165) is 28.3 Å². The van der Waals surface area contributed by atoms with E-state index in [4.69, 9.17) is 4.74 Å². The number of nitrogens with one attached hydrogen (secondary N) is 1. The monoisotopic (exact) mass is 377 g/mol. The number of benzene rings is 3. The molecule has 3 rings (SSSR count). The second-order valence-corrected chi connectivity index (χ2v) is 7.53. The van der Waals surface area contributed by atoms with E-state index in [9.17, 15) is 4.79 Å². The molecule has 0 aliphatic rings. The molecule has 0 aliphatic heterocycles. The molecule has 1 N–H and O–H groups in total. The lowest BCUT2D eigenvalue weighted by Gasteiger charge is -2.09. The van der Waals surface area contributed by atoms with E-state index in [1.54, 1.807) is 23.9 Å². The van der Waals surface area contributed by atoms with Crippen molar-refractivity contribution in [1.82, 2.24) is 0 Å². The normalized spacial score (nSPS) is 10.4. The zero-order chi connectivity index (χ0) is 19.1. The van der Waals surface area contributed by atoms with Crippen LogP contribution in [0.4, 0.5) is 5.69 Å². The molecule has 0 saturated heterocycles. The summed E-state index contributed by atoms with van der Waals surface area (Å²) in [4.78, 5) is 13.6. The number of aryl methyl sites for hydroxylation is 2. The summed E-state index contributed by atoms with van der Waals surface area (Å²) in [6.07, 6.45) is 0. The average molecular weight is 378 g/mol. The molecule has 0 heterocycles. The summed E-state index contributed by atoms with van der Waals surface area (Å²) < 4.78 is 5.76. The third-order valence-corrected chi connectivity index (χ3v) is 4.94. The van der Waals surface area contributed by atoms with Gasteiger partial charge in [0.2, 0.25) is 0 Å². The minimum absolute atomic E-state index is 0.119. The van der Waals surface area contributed by atoms with Crippen molar-refractivity contribution in [2.45, 2.75) is 18.7 Å². The lowest BCUT2D eigenvalue weighted by Crippen LogP contribution is -2.12. The molecule has 0 radical (unpaired) electrons. The minimum Gasteiger partial charge on any atom is -0.493 e. The zero-order valence-electron chi connectivity index (χ0n) is 15.6. The van der Waals surface area contributed by atoms with Crippen molar-refractivity contribution in [2.75, 3.05) is 17.7 Å². The van der Waals surface area contributed by atoms with Crippen LogP contribution in [0, 0.1) is 13.8 Å². The van der Waals surface area contributed by atoms with Gasteiger partial charge in [0.25, 0.3) is 5.91 Å². The van der Waals surface area contributed by atoms with Crippen LogP contribution in [0.5, 0.6) is 5.75 Å². The highest BCUT2D eigenvalue weighted by molar-refractivity contribution is 7.99. The first kappa shape index (κ1) is 19.1. The maximum absolute atomic E-state index is 12.4. The Balaban J connectivity index is 1.49. The predicted octanol–water partition coefficient (Wildman–Crippen LogP) is 5.73. The number of hydrogen-bond donors (Lipinski definition) is 1. The van der Waals surface area contributed by atoms with Crippen LogP contribution in [-0.4, -0.2) is 18.3 Å². The molecule has 1 amide bonds. The first-order valence-electron chi connectivity index (χ1n) is 8.90. The second-order valence-electron chi connectivity index (χ2n) is 6.36. The van der Waals surface area contributed by atoms with Gasteiger partial charge in [-0.1, -0.05) is 24.3 Å². The summed E-state index contributed by atoms with van der Waals surface area (Å²) in [5.74, 6) is 1.52. The second kappa shape index (κ2) is 9.28. The fraction of sp³-hybridized carbons (Fsp3) is 0.174. The van der Waals surface area contributed by atoms with Crippen molar-refractivity contribution in [3.63, 3.8) is 0 Å². The van der Waals surface area contributed by atoms with Crippen LogP contribution >= 0.6 is 11.8 Å². The van der Waals surface area contributed by atoms with Gasteiger partial charge in [0, 0.05) is 21.9 Å². The first-order valence-corrected chi connectivity index (χ1v) is 9.89.